The number of nitrogens with one attached hydrogen (secondary N) is 2. The Hall–Kier alpha value is -2.04. The number of amides is 1. The Balaban J connectivity index is 2.96. The molecule has 1 unspecified atom stereocenters. The highest BCUT2D eigenvalue weighted by molar-refractivity contribution is 7.89. The maximum absolute atomic E-state index is 13.7. The Labute approximate surface area is 145 Å². The van der Waals surface area contributed by atoms with Gasteiger partial charge in [0.1, 0.15) is 16.8 Å². The van der Waals surface area contributed by atoms with Gasteiger partial charge in [0.15, 0.2) is 5.60 Å². The van der Waals surface area contributed by atoms with Crippen LogP contribution in [0.2, 0.25) is 0 Å². The van der Waals surface area contributed by atoms with Gasteiger partial charge in [-0.15, -0.1) is 0 Å². The molecule has 0 aliphatic heterocycles. The first-order valence-electron chi connectivity index (χ1n) is 7.39. The van der Waals surface area contributed by atoms with Gasteiger partial charge in [-0.3, -0.25) is 4.79 Å². The summed E-state index contributed by atoms with van der Waals surface area (Å²) in [6, 6.07) is 3.42. The fraction of sp³-hybridized carbons (Fsp3) is 0.467. The van der Waals surface area contributed by atoms with Gasteiger partial charge in [-0.2, -0.15) is 4.72 Å². The first-order valence-corrected chi connectivity index (χ1v) is 8.87. The number of aliphatic carboxylic acids is 1. The van der Waals surface area contributed by atoms with Crippen LogP contribution < -0.4 is 10.0 Å². The Kier molecular flexibility index (Phi) is 6.63. The van der Waals surface area contributed by atoms with Crippen LogP contribution in [0.25, 0.3) is 0 Å². The minimum Gasteiger partial charge on any atom is -0.479 e. The van der Waals surface area contributed by atoms with Crippen molar-refractivity contribution in [1.29, 1.82) is 0 Å². The molecule has 0 saturated heterocycles. The SMILES string of the molecule is CC(C)[C@H](NS(=O)(=O)c1ccccc1F)C(=O)NCC(C)(O)C(=O)O. The molecule has 1 aromatic rings. The second-order valence-electron chi connectivity index (χ2n) is 6.07. The van der Waals surface area contributed by atoms with Gasteiger partial charge in [-0.1, -0.05) is 26.0 Å². The Morgan fingerprint density at radius 1 is 1.28 bits per heavy atom. The van der Waals surface area contributed by atoms with E-state index in [4.69, 9.17) is 5.11 Å². The zero-order valence-corrected chi connectivity index (χ0v) is 14.8. The molecule has 140 valence electrons. The van der Waals surface area contributed by atoms with Crippen LogP contribution in [0.3, 0.4) is 0 Å². The van der Waals surface area contributed by atoms with Crippen LogP contribution in [0.15, 0.2) is 29.2 Å². The Morgan fingerprint density at radius 2 is 1.84 bits per heavy atom. The van der Waals surface area contributed by atoms with E-state index in [1.165, 1.54) is 12.1 Å². The lowest BCUT2D eigenvalue weighted by molar-refractivity contribution is -0.156. The minimum atomic E-state index is -4.31. The maximum Gasteiger partial charge on any atom is 0.337 e. The molecule has 0 fully saturated rings. The van der Waals surface area contributed by atoms with Crippen molar-refractivity contribution in [2.45, 2.75) is 37.3 Å². The summed E-state index contributed by atoms with van der Waals surface area (Å²) in [5.41, 5.74) is -2.21. The quantitative estimate of drug-likeness (QED) is 0.508. The molecule has 1 amide bonds. The molecule has 0 radical (unpaired) electrons. The molecule has 1 rings (SSSR count). The predicted molar refractivity (Wildman–Crippen MR) is 86.6 cm³/mol. The van der Waals surface area contributed by atoms with Crippen LogP contribution in [0.5, 0.6) is 0 Å². The molecular formula is C15H21FN2O6S. The number of benzene rings is 1. The number of rotatable bonds is 8. The van der Waals surface area contributed by atoms with E-state index >= 15 is 0 Å². The van der Waals surface area contributed by atoms with Crippen LogP contribution in [0.4, 0.5) is 4.39 Å². The summed E-state index contributed by atoms with van der Waals surface area (Å²) in [6.07, 6.45) is 0. The lowest BCUT2D eigenvalue weighted by Crippen LogP contribution is -2.54. The van der Waals surface area contributed by atoms with Crippen LogP contribution in [-0.4, -0.2) is 48.7 Å². The summed E-state index contributed by atoms with van der Waals surface area (Å²) in [5, 5.41) is 20.6. The number of carboxylic acids is 1. The number of hydrogen-bond acceptors (Lipinski definition) is 5. The van der Waals surface area contributed by atoms with E-state index in [0.29, 0.717) is 0 Å². The number of halogens is 1. The van der Waals surface area contributed by atoms with E-state index < -0.39 is 56.7 Å². The Morgan fingerprint density at radius 3 is 2.32 bits per heavy atom. The van der Waals surface area contributed by atoms with Gasteiger partial charge in [0, 0.05) is 0 Å². The third kappa shape index (κ3) is 5.48. The second-order valence-corrected chi connectivity index (χ2v) is 7.75. The molecule has 8 nitrogen and oxygen atoms in total. The molecule has 0 heterocycles. The van der Waals surface area contributed by atoms with Crippen molar-refractivity contribution in [3.8, 4) is 0 Å². The summed E-state index contributed by atoms with van der Waals surface area (Å²) in [6.45, 7) is 3.49. The number of carbonyl (C=O) groups is 2. The lowest BCUT2D eigenvalue weighted by atomic mass is 10.0. The molecule has 0 saturated carbocycles. The van der Waals surface area contributed by atoms with E-state index in [2.05, 4.69) is 10.0 Å². The fourth-order valence-electron chi connectivity index (χ4n) is 1.83. The average molecular weight is 376 g/mol. The van der Waals surface area contributed by atoms with E-state index in [1.54, 1.807) is 13.8 Å². The average Bonchev–Trinajstić information content (AvgIpc) is 2.50. The highest BCUT2D eigenvalue weighted by Gasteiger charge is 2.34. The molecule has 0 bridgehead atoms. The van der Waals surface area contributed by atoms with Gasteiger partial charge in [0.25, 0.3) is 0 Å². The predicted octanol–water partition coefficient (Wildman–Crippen LogP) is 0.0804. The third-order valence-electron chi connectivity index (χ3n) is 3.42. The standard InChI is InChI=1S/C15H21FN2O6S/c1-9(2)12(13(19)17-8-15(3,22)14(20)21)18-25(23,24)11-7-5-4-6-10(11)16/h4-7,9,12,18,22H,8H2,1-3H3,(H,17,19)(H,20,21)/t12-,15?/m0/s1. The van der Waals surface area contributed by atoms with Crippen LogP contribution in [0, 0.1) is 11.7 Å². The van der Waals surface area contributed by atoms with Crippen molar-refractivity contribution in [2.75, 3.05) is 6.54 Å². The van der Waals surface area contributed by atoms with Crippen LogP contribution >= 0.6 is 0 Å². The first-order chi connectivity index (χ1) is 11.4. The van der Waals surface area contributed by atoms with Crippen molar-refractivity contribution >= 4 is 21.9 Å². The number of sulfonamides is 1. The topological polar surface area (TPSA) is 133 Å². The molecular weight excluding hydrogens is 355 g/mol. The van der Waals surface area contributed by atoms with Crippen LogP contribution in [-0.2, 0) is 19.6 Å². The molecule has 4 N–H and O–H groups in total. The number of aliphatic hydroxyl groups is 1. The highest BCUT2D eigenvalue weighted by Crippen LogP contribution is 2.15. The molecule has 1 aromatic carbocycles. The molecule has 10 heteroatoms. The molecule has 25 heavy (non-hydrogen) atoms. The van der Waals surface area contributed by atoms with Gasteiger partial charge in [0.2, 0.25) is 15.9 Å². The van der Waals surface area contributed by atoms with E-state index in [9.17, 15) is 27.5 Å². The van der Waals surface area contributed by atoms with Crippen molar-refractivity contribution in [3.05, 3.63) is 30.1 Å². The van der Waals surface area contributed by atoms with E-state index in [1.807, 2.05) is 0 Å². The smallest absolute Gasteiger partial charge is 0.337 e. The first kappa shape index (κ1) is 21.0. The van der Waals surface area contributed by atoms with Gasteiger partial charge in [-0.25, -0.2) is 17.6 Å². The molecule has 2 atom stereocenters. The van der Waals surface area contributed by atoms with Gasteiger partial charge >= 0.3 is 5.97 Å². The summed E-state index contributed by atoms with van der Waals surface area (Å²) >= 11 is 0. The Bertz CT molecular complexity index is 748. The zero-order valence-electron chi connectivity index (χ0n) is 14.0. The van der Waals surface area contributed by atoms with Crippen molar-refractivity contribution in [2.24, 2.45) is 5.92 Å². The molecule has 0 spiro atoms. The monoisotopic (exact) mass is 376 g/mol. The fourth-order valence-corrected chi connectivity index (χ4v) is 3.25. The third-order valence-corrected chi connectivity index (χ3v) is 4.90. The normalized spacial score (nSPS) is 15.4. The highest BCUT2D eigenvalue weighted by atomic mass is 32.2. The van der Waals surface area contributed by atoms with Gasteiger partial charge in [0.05, 0.1) is 6.54 Å². The molecule has 0 aliphatic rings. The number of hydrogen-bond donors (Lipinski definition) is 4. The zero-order chi connectivity index (χ0) is 19.4. The lowest BCUT2D eigenvalue weighted by Gasteiger charge is -2.24. The van der Waals surface area contributed by atoms with Gasteiger partial charge < -0.3 is 15.5 Å². The largest absolute Gasteiger partial charge is 0.479 e. The van der Waals surface area contributed by atoms with E-state index in [0.717, 1.165) is 19.1 Å². The van der Waals surface area contributed by atoms with Crippen molar-refractivity contribution in [1.82, 2.24) is 10.0 Å². The summed E-state index contributed by atoms with van der Waals surface area (Å²) in [5.74, 6) is -3.86. The number of carboxylic acid groups (broad SMARTS) is 1. The number of carbonyl (C=O) groups excluding carboxylic acids is 1. The maximum atomic E-state index is 13.7. The minimum absolute atomic E-state index is 0.517. The molecule has 0 aliphatic carbocycles. The van der Waals surface area contributed by atoms with Crippen LogP contribution in [0.1, 0.15) is 20.8 Å². The van der Waals surface area contributed by atoms with Gasteiger partial charge in [-0.05, 0) is 25.0 Å². The van der Waals surface area contributed by atoms with Crippen molar-refractivity contribution < 1.29 is 32.6 Å². The van der Waals surface area contributed by atoms with E-state index in [-0.39, 0.29) is 0 Å². The van der Waals surface area contributed by atoms with Crippen molar-refractivity contribution in [3.63, 3.8) is 0 Å². The summed E-state index contributed by atoms with van der Waals surface area (Å²) in [7, 11) is -4.31. The second kappa shape index (κ2) is 7.89. The summed E-state index contributed by atoms with van der Waals surface area (Å²) < 4.78 is 40.4. The summed E-state index contributed by atoms with van der Waals surface area (Å²) in [4.78, 5) is 22.4. The molecule has 0 aromatic heterocycles.